The predicted molar refractivity (Wildman–Crippen MR) is 74.8 cm³/mol. The molecule has 0 unspecified atom stereocenters. The van der Waals surface area contributed by atoms with Gasteiger partial charge in [0.1, 0.15) is 5.78 Å². The Bertz CT molecular complexity index is 399. The Morgan fingerprint density at radius 2 is 1.83 bits per heavy atom. The number of piperidine rings is 1. The molecule has 0 aliphatic carbocycles. The first-order valence-electron chi connectivity index (χ1n) is 6.94. The van der Waals surface area contributed by atoms with Crippen LogP contribution < -0.4 is 5.32 Å². The van der Waals surface area contributed by atoms with Crippen molar-refractivity contribution in [3.8, 4) is 0 Å². The van der Waals surface area contributed by atoms with Crippen LogP contribution in [0.1, 0.15) is 36.0 Å². The van der Waals surface area contributed by atoms with Gasteiger partial charge in [0.2, 0.25) is 0 Å². The Kier molecular flexibility index (Phi) is 4.54. The summed E-state index contributed by atoms with van der Waals surface area (Å²) < 4.78 is 0. The lowest BCUT2D eigenvalue weighted by Crippen LogP contribution is -2.29. The van der Waals surface area contributed by atoms with E-state index in [1.165, 1.54) is 16.7 Å². The van der Waals surface area contributed by atoms with E-state index in [-0.39, 0.29) is 0 Å². The molecular formula is C16H23NO. The summed E-state index contributed by atoms with van der Waals surface area (Å²) in [6, 6.07) is 6.26. The highest BCUT2D eigenvalue weighted by atomic mass is 16.1. The van der Waals surface area contributed by atoms with E-state index >= 15 is 0 Å². The van der Waals surface area contributed by atoms with Gasteiger partial charge in [-0.1, -0.05) is 18.2 Å². The topological polar surface area (TPSA) is 29.1 Å². The second kappa shape index (κ2) is 6.14. The summed E-state index contributed by atoms with van der Waals surface area (Å²) in [4.78, 5) is 12.2. The zero-order valence-corrected chi connectivity index (χ0v) is 11.5. The number of hydrogen-bond acceptors (Lipinski definition) is 2. The summed E-state index contributed by atoms with van der Waals surface area (Å²) >= 11 is 0. The van der Waals surface area contributed by atoms with Gasteiger partial charge in [-0.05, 0) is 62.4 Å². The minimum absolute atomic E-state index is 0.402. The van der Waals surface area contributed by atoms with Crippen molar-refractivity contribution in [3.05, 3.63) is 34.9 Å². The second-order valence-corrected chi connectivity index (χ2v) is 5.48. The fourth-order valence-electron chi connectivity index (χ4n) is 2.80. The van der Waals surface area contributed by atoms with Gasteiger partial charge in [0.05, 0.1) is 0 Å². The molecule has 0 radical (unpaired) electrons. The Labute approximate surface area is 110 Å². The van der Waals surface area contributed by atoms with Crippen molar-refractivity contribution < 1.29 is 4.79 Å². The number of nitrogens with one attached hydrogen (secondary N) is 1. The Hall–Kier alpha value is -1.15. The summed E-state index contributed by atoms with van der Waals surface area (Å²) in [7, 11) is 0. The average molecular weight is 245 g/mol. The van der Waals surface area contributed by atoms with Gasteiger partial charge < -0.3 is 5.32 Å². The molecule has 1 aromatic carbocycles. The van der Waals surface area contributed by atoms with Crippen LogP contribution in [0.4, 0.5) is 0 Å². The Morgan fingerprint density at radius 1 is 1.22 bits per heavy atom. The molecule has 1 saturated heterocycles. The van der Waals surface area contributed by atoms with E-state index in [9.17, 15) is 4.79 Å². The summed E-state index contributed by atoms with van der Waals surface area (Å²) in [6.45, 7) is 6.34. The summed E-state index contributed by atoms with van der Waals surface area (Å²) in [5.74, 6) is 1.00. The van der Waals surface area contributed by atoms with Crippen LogP contribution >= 0.6 is 0 Å². The van der Waals surface area contributed by atoms with Crippen LogP contribution in [-0.2, 0) is 11.2 Å². The van der Waals surface area contributed by atoms with Crippen molar-refractivity contribution in [2.24, 2.45) is 5.92 Å². The number of benzene rings is 1. The van der Waals surface area contributed by atoms with Crippen molar-refractivity contribution >= 4 is 5.78 Å². The van der Waals surface area contributed by atoms with Gasteiger partial charge in [-0.15, -0.1) is 0 Å². The molecule has 1 aromatic rings. The molecule has 0 amide bonds. The monoisotopic (exact) mass is 245 g/mol. The van der Waals surface area contributed by atoms with Crippen LogP contribution in [0.2, 0.25) is 0 Å². The van der Waals surface area contributed by atoms with Gasteiger partial charge in [-0.25, -0.2) is 0 Å². The van der Waals surface area contributed by atoms with Gasteiger partial charge in [0.15, 0.2) is 0 Å². The van der Waals surface area contributed by atoms with Crippen LogP contribution in [0.15, 0.2) is 18.2 Å². The minimum atomic E-state index is 0.402. The molecule has 2 rings (SSSR count). The molecule has 98 valence electrons. The van der Waals surface area contributed by atoms with Crippen LogP contribution in [0, 0.1) is 19.8 Å². The first-order valence-corrected chi connectivity index (χ1v) is 6.94. The average Bonchev–Trinajstić information content (AvgIpc) is 2.35. The third kappa shape index (κ3) is 3.42. The Balaban J connectivity index is 1.94. The predicted octanol–water partition coefficient (Wildman–Crippen LogP) is 2.80. The first-order chi connectivity index (χ1) is 8.66. The summed E-state index contributed by atoms with van der Waals surface area (Å²) in [6.07, 6.45) is 3.68. The van der Waals surface area contributed by atoms with Crippen molar-refractivity contribution in [1.29, 1.82) is 0 Å². The maximum absolute atomic E-state index is 12.2. The molecule has 0 spiro atoms. The molecule has 1 N–H and O–H groups in total. The lowest BCUT2D eigenvalue weighted by atomic mass is 9.89. The van der Waals surface area contributed by atoms with Gasteiger partial charge >= 0.3 is 0 Å². The number of Topliss-reactive ketones (excluding diaryl/α,β-unsaturated/α-hetero) is 1. The molecule has 18 heavy (non-hydrogen) atoms. The second-order valence-electron chi connectivity index (χ2n) is 5.48. The van der Waals surface area contributed by atoms with Crippen molar-refractivity contribution in [2.75, 3.05) is 13.1 Å². The number of carbonyl (C=O) groups excluding carboxylic acids is 1. The van der Waals surface area contributed by atoms with E-state index in [4.69, 9.17) is 0 Å². The van der Waals surface area contributed by atoms with Gasteiger partial charge in [-0.2, -0.15) is 0 Å². The van der Waals surface area contributed by atoms with Crippen LogP contribution in [-0.4, -0.2) is 18.9 Å². The Morgan fingerprint density at radius 3 is 2.44 bits per heavy atom. The SMILES string of the molecule is Cc1cccc(C)c1CC(=O)CC1CCNCC1. The zero-order chi connectivity index (χ0) is 13.0. The molecular weight excluding hydrogens is 222 g/mol. The van der Waals surface area contributed by atoms with Gasteiger partial charge in [-0.3, -0.25) is 4.79 Å². The standard InChI is InChI=1S/C16H23NO/c1-12-4-3-5-13(2)16(12)11-15(18)10-14-6-8-17-9-7-14/h3-5,14,17H,6-11H2,1-2H3. The van der Waals surface area contributed by atoms with Crippen LogP contribution in [0.3, 0.4) is 0 Å². The van der Waals surface area contributed by atoms with Crippen molar-refractivity contribution in [3.63, 3.8) is 0 Å². The highest BCUT2D eigenvalue weighted by Crippen LogP contribution is 2.20. The van der Waals surface area contributed by atoms with E-state index in [0.717, 1.165) is 32.4 Å². The summed E-state index contributed by atoms with van der Waals surface area (Å²) in [5, 5.41) is 3.34. The first kappa shape index (κ1) is 13.3. The highest BCUT2D eigenvalue weighted by molar-refractivity contribution is 5.81. The number of rotatable bonds is 4. The van der Waals surface area contributed by atoms with E-state index < -0.39 is 0 Å². The van der Waals surface area contributed by atoms with E-state index in [2.05, 4.69) is 37.4 Å². The lowest BCUT2D eigenvalue weighted by Gasteiger charge is -2.22. The van der Waals surface area contributed by atoms with Crippen LogP contribution in [0.25, 0.3) is 0 Å². The smallest absolute Gasteiger partial charge is 0.137 e. The number of ketones is 1. The van der Waals surface area contributed by atoms with Gasteiger partial charge in [0.25, 0.3) is 0 Å². The third-order valence-electron chi connectivity index (χ3n) is 3.99. The third-order valence-corrected chi connectivity index (χ3v) is 3.99. The molecule has 0 aromatic heterocycles. The molecule has 2 heteroatoms. The molecule has 1 aliphatic rings. The molecule has 1 fully saturated rings. The maximum Gasteiger partial charge on any atom is 0.137 e. The van der Waals surface area contributed by atoms with E-state index in [1.807, 2.05) is 0 Å². The van der Waals surface area contributed by atoms with Crippen molar-refractivity contribution in [2.45, 2.75) is 39.5 Å². The van der Waals surface area contributed by atoms with E-state index in [1.54, 1.807) is 0 Å². The van der Waals surface area contributed by atoms with E-state index in [0.29, 0.717) is 18.1 Å². The van der Waals surface area contributed by atoms with Crippen molar-refractivity contribution in [1.82, 2.24) is 5.32 Å². The fraction of sp³-hybridized carbons (Fsp3) is 0.562. The number of aryl methyl sites for hydroxylation is 2. The molecule has 2 nitrogen and oxygen atoms in total. The lowest BCUT2D eigenvalue weighted by molar-refractivity contribution is -0.119. The van der Waals surface area contributed by atoms with Gasteiger partial charge in [0, 0.05) is 12.8 Å². The quantitative estimate of drug-likeness (QED) is 0.883. The highest BCUT2D eigenvalue weighted by Gasteiger charge is 2.17. The fourth-order valence-corrected chi connectivity index (χ4v) is 2.80. The number of hydrogen-bond donors (Lipinski definition) is 1. The molecule has 0 atom stereocenters. The minimum Gasteiger partial charge on any atom is -0.317 e. The summed E-state index contributed by atoms with van der Waals surface area (Å²) in [5.41, 5.74) is 3.72. The largest absolute Gasteiger partial charge is 0.317 e. The molecule has 1 aliphatic heterocycles. The normalized spacial score (nSPS) is 16.8. The zero-order valence-electron chi connectivity index (χ0n) is 11.5. The van der Waals surface area contributed by atoms with Crippen LogP contribution in [0.5, 0.6) is 0 Å². The molecule has 0 bridgehead atoms. The number of carbonyl (C=O) groups is 1. The molecule has 1 heterocycles. The maximum atomic E-state index is 12.2. The molecule has 0 saturated carbocycles.